The minimum Gasteiger partial charge on any atom is -0.350 e. The van der Waals surface area contributed by atoms with Gasteiger partial charge < -0.3 is 10.2 Å². The number of anilines is 1. The van der Waals surface area contributed by atoms with Crippen molar-refractivity contribution in [3.63, 3.8) is 0 Å². The van der Waals surface area contributed by atoms with E-state index in [1.165, 1.54) is 23.1 Å². The summed E-state index contributed by atoms with van der Waals surface area (Å²) in [7, 11) is -4.21. The second-order valence-electron chi connectivity index (χ2n) is 11.4. The molecule has 0 spiro atoms. The van der Waals surface area contributed by atoms with E-state index in [9.17, 15) is 18.0 Å². The van der Waals surface area contributed by atoms with Crippen LogP contribution in [0.5, 0.6) is 0 Å². The van der Waals surface area contributed by atoms with Crippen molar-refractivity contribution < 1.29 is 18.0 Å². The highest BCUT2D eigenvalue weighted by molar-refractivity contribution is 7.92. The van der Waals surface area contributed by atoms with Crippen molar-refractivity contribution in [2.45, 2.75) is 50.2 Å². The molecule has 2 amide bonds. The molecule has 0 aliphatic rings. The number of hydrogen-bond donors (Lipinski definition) is 1. The molecule has 1 atom stereocenters. The fourth-order valence-electron chi connectivity index (χ4n) is 4.72. The van der Waals surface area contributed by atoms with Crippen molar-refractivity contribution in [2.75, 3.05) is 10.8 Å². The summed E-state index contributed by atoms with van der Waals surface area (Å²) in [5.74, 6) is -0.939. The third-order valence-electron chi connectivity index (χ3n) is 6.72. The van der Waals surface area contributed by atoms with Crippen molar-refractivity contribution in [1.29, 1.82) is 0 Å². The third kappa shape index (κ3) is 8.85. The lowest BCUT2D eigenvalue weighted by atomic mass is 10.0. The van der Waals surface area contributed by atoms with Gasteiger partial charge in [0.15, 0.2) is 0 Å². The van der Waals surface area contributed by atoms with Crippen molar-refractivity contribution in [1.82, 2.24) is 10.2 Å². The van der Waals surface area contributed by atoms with Crippen LogP contribution in [0.15, 0.2) is 114 Å². The van der Waals surface area contributed by atoms with Gasteiger partial charge >= 0.3 is 0 Å². The van der Waals surface area contributed by atoms with Crippen LogP contribution in [0, 0.1) is 0 Å². The highest BCUT2D eigenvalue weighted by Crippen LogP contribution is 2.27. The molecule has 0 bridgehead atoms. The maximum Gasteiger partial charge on any atom is 0.264 e. The van der Waals surface area contributed by atoms with Crippen LogP contribution >= 0.6 is 23.2 Å². The van der Waals surface area contributed by atoms with Gasteiger partial charge in [-0.25, -0.2) is 8.42 Å². The lowest BCUT2D eigenvalue weighted by molar-refractivity contribution is -0.140. The zero-order valence-corrected chi connectivity index (χ0v) is 27.1. The second-order valence-corrected chi connectivity index (χ2v) is 14.1. The molecule has 0 aliphatic heterocycles. The predicted molar refractivity (Wildman–Crippen MR) is 176 cm³/mol. The Labute approximate surface area is 269 Å². The zero-order valence-electron chi connectivity index (χ0n) is 24.8. The van der Waals surface area contributed by atoms with Crippen molar-refractivity contribution in [3.05, 3.63) is 130 Å². The van der Waals surface area contributed by atoms with Crippen molar-refractivity contribution in [3.8, 4) is 0 Å². The Hall–Kier alpha value is -3.85. The molecule has 0 aromatic heterocycles. The molecular weight excluding hydrogens is 617 g/mol. The minimum absolute atomic E-state index is 0.0143. The zero-order chi connectivity index (χ0) is 31.9. The largest absolute Gasteiger partial charge is 0.350 e. The van der Waals surface area contributed by atoms with Gasteiger partial charge in [-0.15, -0.1) is 0 Å². The summed E-state index contributed by atoms with van der Waals surface area (Å²) in [5, 5.41) is 3.80. The van der Waals surface area contributed by atoms with Crippen LogP contribution in [-0.4, -0.2) is 43.3 Å². The number of sulfonamides is 1. The third-order valence-corrected chi connectivity index (χ3v) is 8.98. The Balaban J connectivity index is 1.82. The van der Waals surface area contributed by atoms with Crippen LogP contribution in [0.3, 0.4) is 0 Å². The number of halogens is 2. The molecule has 0 aliphatic carbocycles. The molecule has 0 unspecified atom stereocenters. The van der Waals surface area contributed by atoms with Crippen molar-refractivity contribution >= 4 is 50.7 Å². The molecule has 230 valence electrons. The normalized spacial score (nSPS) is 12.3. The molecule has 0 radical (unpaired) electrons. The van der Waals surface area contributed by atoms with Gasteiger partial charge in [-0.05, 0) is 74.4 Å². The monoisotopic (exact) mass is 651 g/mol. The van der Waals surface area contributed by atoms with E-state index in [1.54, 1.807) is 54.6 Å². The van der Waals surface area contributed by atoms with Gasteiger partial charge in [0.2, 0.25) is 11.8 Å². The van der Waals surface area contributed by atoms with Gasteiger partial charge in [-0.1, -0.05) is 89.9 Å². The smallest absolute Gasteiger partial charge is 0.264 e. The quantitative estimate of drug-likeness (QED) is 0.194. The fourth-order valence-corrected chi connectivity index (χ4v) is 6.54. The maximum absolute atomic E-state index is 14.5. The SMILES string of the molecule is CC(C)(C)NC(=O)[C@H](Cc1ccccc1)N(Cc1cccc(Cl)c1)C(=O)CN(c1cccc(Cl)c1)S(=O)(=O)c1ccccc1. The summed E-state index contributed by atoms with van der Waals surface area (Å²) in [4.78, 5) is 29.8. The van der Waals surface area contributed by atoms with E-state index < -0.39 is 34.1 Å². The van der Waals surface area contributed by atoms with Gasteiger partial charge in [0.25, 0.3) is 10.0 Å². The molecule has 1 N–H and O–H groups in total. The van der Waals surface area contributed by atoms with Gasteiger partial charge in [0.1, 0.15) is 12.6 Å². The molecule has 0 fully saturated rings. The summed E-state index contributed by atoms with van der Waals surface area (Å²) in [6, 6.07) is 29.6. The summed E-state index contributed by atoms with van der Waals surface area (Å²) < 4.78 is 29.0. The van der Waals surface area contributed by atoms with Crippen LogP contribution in [0.2, 0.25) is 10.0 Å². The lowest BCUT2D eigenvalue weighted by Gasteiger charge is -2.35. The Kier molecular flexibility index (Phi) is 10.7. The number of rotatable bonds is 11. The summed E-state index contributed by atoms with van der Waals surface area (Å²) in [6.45, 7) is 5.03. The molecule has 0 saturated heterocycles. The molecular formula is C34H35Cl2N3O4S. The standard InChI is InChI=1S/C34H35Cl2N3O4S/c1-34(2,3)37-33(41)31(21-25-12-6-4-7-13-25)38(23-26-14-10-15-27(35)20-26)32(40)24-39(29-17-11-16-28(36)22-29)44(42,43)30-18-8-5-9-19-30/h4-20,22,31H,21,23-24H2,1-3H3,(H,37,41)/t31-/m0/s1. The Bertz CT molecular complexity index is 1690. The van der Waals surface area contributed by atoms with E-state index >= 15 is 0 Å². The number of benzene rings is 4. The van der Waals surface area contributed by atoms with E-state index in [0.717, 1.165) is 9.87 Å². The summed E-state index contributed by atoms with van der Waals surface area (Å²) in [5.41, 5.74) is 1.16. The van der Waals surface area contributed by atoms with E-state index in [-0.39, 0.29) is 29.5 Å². The first-order chi connectivity index (χ1) is 20.8. The Morgan fingerprint density at radius 3 is 1.93 bits per heavy atom. The number of nitrogens with zero attached hydrogens (tertiary/aromatic N) is 2. The van der Waals surface area contributed by atoms with Crippen LogP contribution in [0.1, 0.15) is 31.9 Å². The van der Waals surface area contributed by atoms with Crippen molar-refractivity contribution in [2.24, 2.45) is 0 Å². The van der Waals surface area contributed by atoms with E-state index in [0.29, 0.717) is 15.6 Å². The predicted octanol–water partition coefficient (Wildman–Crippen LogP) is 6.74. The molecule has 7 nitrogen and oxygen atoms in total. The Morgan fingerprint density at radius 2 is 1.34 bits per heavy atom. The minimum atomic E-state index is -4.21. The van der Waals surface area contributed by atoms with Gasteiger partial charge in [-0.3, -0.25) is 13.9 Å². The van der Waals surface area contributed by atoms with Gasteiger partial charge in [0, 0.05) is 28.5 Å². The second kappa shape index (κ2) is 14.3. The van der Waals surface area contributed by atoms with Gasteiger partial charge in [-0.2, -0.15) is 0 Å². The van der Waals surface area contributed by atoms with Crippen LogP contribution in [-0.2, 0) is 32.6 Å². The summed E-state index contributed by atoms with van der Waals surface area (Å²) in [6.07, 6.45) is 0.206. The molecule has 4 aromatic rings. The lowest BCUT2D eigenvalue weighted by Crippen LogP contribution is -2.56. The first-order valence-electron chi connectivity index (χ1n) is 14.1. The average Bonchev–Trinajstić information content (AvgIpc) is 2.97. The average molecular weight is 653 g/mol. The van der Waals surface area contributed by atoms with Crippen LogP contribution < -0.4 is 9.62 Å². The maximum atomic E-state index is 14.5. The number of amides is 2. The topological polar surface area (TPSA) is 86.8 Å². The number of hydrogen-bond acceptors (Lipinski definition) is 4. The van der Waals surface area contributed by atoms with Crippen LogP contribution in [0.25, 0.3) is 0 Å². The molecule has 10 heteroatoms. The summed E-state index contributed by atoms with van der Waals surface area (Å²) >= 11 is 12.6. The van der Waals surface area contributed by atoms with E-state index in [1.807, 2.05) is 57.2 Å². The first-order valence-corrected chi connectivity index (χ1v) is 16.3. The molecule has 4 rings (SSSR count). The molecule has 0 heterocycles. The number of carbonyl (C=O) groups is 2. The van der Waals surface area contributed by atoms with Gasteiger partial charge in [0.05, 0.1) is 10.6 Å². The first kappa shape index (κ1) is 33.1. The Morgan fingerprint density at radius 1 is 0.773 bits per heavy atom. The highest BCUT2D eigenvalue weighted by Gasteiger charge is 2.35. The highest BCUT2D eigenvalue weighted by atomic mass is 35.5. The fraction of sp³-hybridized carbons (Fsp3) is 0.235. The van der Waals surface area contributed by atoms with Crippen LogP contribution in [0.4, 0.5) is 5.69 Å². The number of carbonyl (C=O) groups excluding carboxylic acids is 2. The molecule has 44 heavy (non-hydrogen) atoms. The molecule has 4 aromatic carbocycles. The van der Waals surface area contributed by atoms with E-state index in [4.69, 9.17) is 23.2 Å². The molecule has 0 saturated carbocycles. The number of nitrogens with one attached hydrogen (secondary N) is 1. The van der Waals surface area contributed by atoms with E-state index in [2.05, 4.69) is 5.32 Å².